The van der Waals surface area contributed by atoms with Crippen LogP contribution in [0.4, 0.5) is 0 Å². The zero-order valence-electron chi connectivity index (χ0n) is 28.2. The molecule has 0 aliphatic carbocycles. The SMILES string of the molecule is C=CC(=O)OCCCCOc1ccc(C(=O)Oc2ccc(C(=O)Oc3ccc(OC(=O)c4ccc(OCCCOC(=O)C=C)cc4)cc3)cc2)cc1. The van der Waals surface area contributed by atoms with Gasteiger partial charge >= 0.3 is 29.8 Å². The summed E-state index contributed by atoms with van der Waals surface area (Å²) in [6, 6.07) is 24.7. The van der Waals surface area contributed by atoms with Gasteiger partial charge in [-0.05, 0) is 110 Å². The molecule has 0 radical (unpaired) electrons. The quantitative estimate of drug-likeness (QED) is 0.0440. The normalized spacial score (nSPS) is 10.2. The molecule has 4 rings (SSSR count). The molecule has 268 valence electrons. The molecular weight excluding hydrogens is 672 g/mol. The molecule has 12 heteroatoms. The molecule has 0 unspecified atom stereocenters. The second-order valence-corrected chi connectivity index (χ2v) is 10.7. The zero-order valence-corrected chi connectivity index (χ0v) is 28.2. The van der Waals surface area contributed by atoms with Gasteiger partial charge in [-0.25, -0.2) is 24.0 Å². The molecule has 0 aliphatic heterocycles. The minimum Gasteiger partial charge on any atom is -0.494 e. The first-order chi connectivity index (χ1) is 25.2. The number of hydrogen-bond acceptors (Lipinski definition) is 12. The van der Waals surface area contributed by atoms with Crippen molar-refractivity contribution in [3.05, 3.63) is 139 Å². The Morgan fingerprint density at radius 1 is 0.404 bits per heavy atom. The average molecular weight is 709 g/mol. The summed E-state index contributed by atoms with van der Waals surface area (Å²) in [7, 11) is 0. The Kier molecular flexibility index (Phi) is 14.7. The Balaban J connectivity index is 1.17. The van der Waals surface area contributed by atoms with Gasteiger partial charge in [0.1, 0.15) is 28.7 Å². The number of hydrogen-bond donors (Lipinski definition) is 0. The van der Waals surface area contributed by atoms with E-state index in [-0.39, 0.29) is 36.0 Å². The van der Waals surface area contributed by atoms with Crippen molar-refractivity contribution in [3.8, 4) is 28.7 Å². The smallest absolute Gasteiger partial charge is 0.343 e. The lowest BCUT2D eigenvalue weighted by molar-refractivity contribution is -0.138. The van der Waals surface area contributed by atoms with Gasteiger partial charge in [0.2, 0.25) is 0 Å². The van der Waals surface area contributed by atoms with Crippen molar-refractivity contribution in [3.63, 3.8) is 0 Å². The predicted molar refractivity (Wildman–Crippen MR) is 188 cm³/mol. The van der Waals surface area contributed by atoms with Crippen molar-refractivity contribution in [2.75, 3.05) is 26.4 Å². The summed E-state index contributed by atoms with van der Waals surface area (Å²) >= 11 is 0. The van der Waals surface area contributed by atoms with Crippen LogP contribution in [-0.4, -0.2) is 56.3 Å². The van der Waals surface area contributed by atoms with Crippen LogP contribution in [-0.2, 0) is 19.1 Å². The molecule has 0 aromatic heterocycles. The van der Waals surface area contributed by atoms with Gasteiger partial charge < -0.3 is 33.2 Å². The summed E-state index contributed by atoms with van der Waals surface area (Å²) in [5.74, 6) is -0.957. The third-order valence-corrected chi connectivity index (χ3v) is 6.91. The van der Waals surface area contributed by atoms with Crippen LogP contribution >= 0.6 is 0 Å². The number of ether oxygens (including phenoxy) is 7. The Labute approximate surface area is 300 Å². The molecule has 0 N–H and O–H groups in total. The molecule has 0 spiro atoms. The Morgan fingerprint density at radius 2 is 0.692 bits per heavy atom. The number of unbranched alkanes of at least 4 members (excludes halogenated alkanes) is 1. The molecule has 0 heterocycles. The molecule has 0 saturated carbocycles. The van der Waals surface area contributed by atoms with Crippen molar-refractivity contribution in [2.45, 2.75) is 19.3 Å². The number of benzene rings is 4. The van der Waals surface area contributed by atoms with Gasteiger partial charge in [-0.15, -0.1) is 0 Å². The molecule has 0 aliphatic rings. The van der Waals surface area contributed by atoms with Crippen LogP contribution in [0.1, 0.15) is 50.3 Å². The first-order valence-electron chi connectivity index (χ1n) is 16.1. The maximum Gasteiger partial charge on any atom is 0.343 e. The molecule has 52 heavy (non-hydrogen) atoms. The van der Waals surface area contributed by atoms with Crippen molar-refractivity contribution in [2.24, 2.45) is 0 Å². The molecule has 4 aromatic carbocycles. The molecule has 0 amide bonds. The third kappa shape index (κ3) is 12.6. The van der Waals surface area contributed by atoms with Crippen LogP contribution in [0.25, 0.3) is 0 Å². The van der Waals surface area contributed by atoms with Crippen LogP contribution in [0.3, 0.4) is 0 Å². The lowest BCUT2D eigenvalue weighted by Crippen LogP contribution is -2.11. The van der Waals surface area contributed by atoms with Gasteiger partial charge in [0.15, 0.2) is 0 Å². The van der Waals surface area contributed by atoms with E-state index in [1.165, 1.54) is 48.5 Å². The molecule has 12 nitrogen and oxygen atoms in total. The van der Waals surface area contributed by atoms with Gasteiger partial charge in [-0.3, -0.25) is 0 Å². The van der Waals surface area contributed by atoms with E-state index in [1.807, 2.05) is 0 Å². The molecule has 0 atom stereocenters. The maximum atomic E-state index is 12.7. The molecule has 0 bridgehead atoms. The van der Waals surface area contributed by atoms with E-state index in [4.69, 9.17) is 33.2 Å². The van der Waals surface area contributed by atoms with Gasteiger partial charge in [0, 0.05) is 18.6 Å². The molecule has 4 aromatic rings. The standard InChI is InChI=1S/C40H36O12/c1-3-36(41)48-25-6-5-24-46-31-14-8-28(9-15-31)38(43)50-33-18-12-30(13-19-33)40(45)52-35-22-20-34(21-23-35)51-39(44)29-10-16-32(17-11-29)47-26-7-27-49-37(42)4-2/h3-4,8-23H,1-2,5-7,24-27H2. The first kappa shape index (κ1) is 38.1. The third-order valence-electron chi connectivity index (χ3n) is 6.91. The topological polar surface area (TPSA) is 150 Å². The van der Waals surface area contributed by atoms with Crippen LogP contribution in [0.5, 0.6) is 28.7 Å². The van der Waals surface area contributed by atoms with Crippen molar-refractivity contribution in [1.82, 2.24) is 0 Å². The second-order valence-electron chi connectivity index (χ2n) is 10.7. The monoisotopic (exact) mass is 708 g/mol. The highest BCUT2D eigenvalue weighted by Crippen LogP contribution is 2.22. The Morgan fingerprint density at radius 3 is 1.06 bits per heavy atom. The summed E-state index contributed by atoms with van der Waals surface area (Å²) in [4.78, 5) is 60.0. The average Bonchev–Trinajstić information content (AvgIpc) is 3.17. The molecule has 0 fully saturated rings. The minimum atomic E-state index is -0.643. The van der Waals surface area contributed by atoms with E-state index in [0.29, 0.717) is 55.1 Å². The van der Waals surface area contributed by atoms with E-state index in [9.17, 15) is 24.0 Å². The molecule has 0 saturated heterocycles. The van der Waals surface area contributed by atoms with Gasteiger partial charge in [0.25, 0.3) is 0 Å². The highest BCUT2D eigenvalue weighted by atomic mass is 16.6. The Bertz CT molecular complexity index is 1830. The summed E-state index contributed by atoms with van der Waals surface area (Å²) in [5.41, 5.74) is 0.830. The van der Waals surface area contributed by atoms with E-state index < -0.39 is 29.8 Å². The number of esters is 5. The van der Waals surface area contributed by atoms with E-state index in [2.05, 4.69) is 13.2 Å². The van der Waals surface area contributed by atoms with E-state index >= 15 is 0 Å². The highest BCUT2D eigenvalue weighted by Gasteiger charge is 2.14. The number of rotatable bonds is 19. The highest BCUT2D eigenvalue weighted by molar-refractivity contribution is 5.93. The summed E-state index contributed by atoms with van der Waals surface area (Å²) in [6.07, 6.45) is 4.02. The Hall–Kier alpha value is -6.69. The van der Waals surface area contributed by atoms with Crippen LogP contribution in [0.15, 0.2) is 122 Å². The summed E-state index contributed by atoms with van der Waals surface area (Å²) in [6.45, 7) is 7.90. The van der Waals surface area contributed by atoms with Crippen LogP contribution in [0, 0.1) is 0 Å². The number of carbonyl (C=O) groups is 5. The fraction of sp³-hybridized carbons (Fsp3) is 0.175. The van der Waals surface area contributed by atoms with Crippen LogP contribution < -0.4 is 23.7 Å². The van der Waals surface area contributed by atoms with Gasteiger partial charge in [-0.2, -0.15) is 0 Å². The zero-order chi connectivity index (χ0) is 37.1. The summed E-state index contributed by atoms with van der Waals surface area (Å²) in [5, 5.41) is 0. The predicted octanol–water partition coefficient (Wildman–Crippen LogP) is 6.73. The second kappa shape index (κ2) is 20.1. The largest absolute Gasteiger partial charge is 0.494 e. The van der Waals surface area contributed by atoms with E-state index in [1.54, 1.807) is 48.5 Å². The lowest BCUT2D eigenvalue weighted by atomic mass is 10.2. The lowest BCUT2D eigenvalue weighted by Gasteiger charge is -2.09. The maximum absolute atomic E-state index is 12.7. The van der Waals surface area contributed by atoms with Gasteiger partial charge in [-0.1, -0.05) is 13.2 Å². The van der Waals surface area contributed by atoms with Crippen molar-refractivity contribution >= 4 is 29.8 Å². The van der Waals surface area contributed by atoms with E-state index in [0.717, 1.165) is 12.2 Å². The number of carbonyl (C=O) groups excluding carboxylic acids is 5. The van der Waals surface area contributed by atoms with Gasteiger partial charge in [0.05, 0.1) is 43.1 Å². The fourth-order valence-electron chi connectivity index (χ4n) is 4.21. The first-order valence-corrected chi connectivity index (χ1v) is 16.1. The minimum absolute atomic E-state index is 0.206. The van der Waals surface area contributed by atoms with Crippen LogP contribution in [0.2, 0.25) is 0 Å². The van der Waals surface area contributed by atoms with Crippen molar-refractivity contribution in [1.29, 1.82) is 0 Å². The fourth-order valence-corrected chi connectivity index (χ4v) is 4.21. The summed E-state index contributed by atoms with van der Waals surface area (Å²) < 4.78 is 37.3. The van der Waals surface area contributed by atoms with Crippen molar-refractivity contribution < 1.29 is 57.1 Å². The molecular formula is C40H36O12.